The lowest BCUT2D eigenvalue weighted by molar-refractivity contribution is 0.0708. The van der Waals surface area contributed by atoms with Crippen LogP contribution in [0.1, 0.15) is 21.5 Å². The average Bonchev–Trinajstić information content (AvgIpc) is 2.54. The second kappa shape index (κ2) is 7.79. The van der Waals surface area contributed by atoms with Gasteiger partial charge >= 0.3 is 0 Å². The van der Waals surface area contributed by atoms with Gasteiger partial charge in [-0.05, 0) is 36.2 Å². The molecule has 4 nitrogen and oxygen atoms in total. The number of nitrogens with zero attached hydrogens (tertiary/aromatic N) is 2. The molecule has 0 radical (unpaired) electrons. The lowest BCUT2D eigenvalue weighted by atomic mass is 10.1. The molecule has 4 heteroatoms. The van der Waals surface area contributed by atoms with Gasteiger partial charge in [-0.1, -0.05) is 30.3 Å². The highest BCUT2D eigenvalue weighted by Gasteiger charge is 2.16. The van der Waals surface area contributed by atoms with Crippen LogP contribution in [0.25, 0.3) is 0 Å². The molecule has 23 heavy (non-hydrogen) atoms. The minimum atomic E-state index is -0.0590. The SMILES string of the molecule is Cc1cc(C(=O)N(CCO)Cc2ccccc2)ccc1N(C)C. The van der Waals surface area contributed by atoms with Crippen LogP contribution >= 0.6 is 0 Å². The van der Waals surface area contributed by atoms with Crippen molar-refractivity contribution in [1.29, 1.82) is 0 Å². The smallest absolute Gasteiger partial charge is 0.254 e. The maximum Gasteiger partial charge on any atom is 0.254 e. The number of anilines is 1. The molecular weight excluding hydrogens is 288 g/mol. The third-order valence-electron chi connectivity index (χ3n) is 3.80. The molecule has 2 rings (SSSR count). The summed E-state index contributed by atoms with van der Waals surface area (Å²) < 4.78 is 0. The Kier molecular flexibility index (Phi) is 5.77. The Balaban J connectivity index is 2.22. The summed E-state index contributed by atoms with van der Waals surface area (Å²) in [4.78, 5) is 16.5. The molecule has 0 heterocycles. The number of hydrogen-bond acceptors (Lipinski definition) is 3. The largest absolute Gasteiger partial charge is 0.395 e. The standard InChI is InChI=1S/C19H24N2O2/c1-15-13-17(9-10-18(15)20(2)3)19(23)21(11-12-22)14-16-7-5-4-6-8-16/h4-10,13,22H,11-12,14H2,1-3H3. The second-order valence-corrected chi connectivity index (χ2v) is 5.83. The van der Waals surface area contributed by atoms with Crippen LogP contribution in [-0.4, -0.2) is 43.2 Å². The summed E-state index contributed by atoms with van der Waals surface area (Å²) in [6.07, 6.45) is 0. The average molecular weight is 312 g/mol. The second-order valence-electron chi connectivity index (χ2n) is 5.83. The molecule has 0 aliphatic heterocycles. The Bertz CT molecular complexity index is 654. The normalized spacial score (nSPS) is 10.4. The molecule has 2 aromatic carbocycles. The van der Waals surface area contributed by atoms with Gasteiger partial charge in [-0.25, -0.2) is 0 Å². The molecule has 0 unspecified atom stereocenters. The monoisotopic (exact) mass is 312 g/mol. The van der Waals surface area contributed by atoms with E-state index in [1.165, 1.54) is 0 Å². The number of hydrogen-bond donors (Lipinski definition) is 1. The topological polar surface area (TPSA) is 43.8 Å². The first kappa shape index (κ1) is 17.0. The molecule has 122 valence electrons. The van der Waals surface area contributed by atoms with Crippen LogP contribution in [0.15, 0.2) is 48.5 Å². The van der Waals surface area contributed by atoms with E-state index in [0.717, 1.165) is 16.8 Å². The van der Waals surface area contributed by atoms with Gasteiger partial charge in [0.15, 0.2) is 0 Å². The molecule has 2 aromatic rings. The van der Waals surface area contributed by atoms with Crippen LogP contribution in [0.4, 0.5) is 5.69 Å². The predicted octanol–water partition coefficient (Wildman–Crippen LogP) is 2.70. The van der Waals surface area contributed by atoms with Crippen molar-refractivity contribution in [2.24, 2.45) is 0 Å². The van der Waals surface area contributed by atoms with E-state index in [9.17, 15) is 9.90 Å². The van der Waals surface area contributed by atoms with E-state index in [-0.39, 0.29) is 12.5 Å². The minimum Gasteiger partial charge on any atom is -0.395 e. The molecule has 1 amide bonds. The molecule has 0 saturated carbocycles. The van der Waals surface area contributed by atoms with E-state index in [0.29, 0.717) is 18.7 Å². The van der Waals surface area contributed by atoms with E-state index in [1.807, 2.05) is 74.4 Å². The first-order valence-corrected chi connectivity index (χ1v) is 7.75. The minimum absolute atomic E-state index is 0.0483. The number of carbonyl (C=O) groups excluding carboxylic acids is 1. The van der Waals surface area contributed by atoms with Gasteiger partial charge in [-0.3, -0.25) is 4.79 Å². The Morgan fingerprint density at radius 2 is 1.78 bits per heavy atom. The van der Waals surface area contributed by atoms with Crippen LogP contribution in [0.5, 0.6) is 0 Å². The predicted molar refractivity (Wildman–Crippen MR) is 93.8 cm³/mol. The van der Waals surface area contributed by atoms with Gasteiger partial charge in [-0.2, -0.15) is 0 Å². The summed E-state index contributed by atoms with van der Waals surface area (Å²) in [6.45, 7) is 2.77. The summed E-state index contributed by atoms with van der Waals surface area (Å²) in [6, 6.07) is 15.5. The highest BCUT2D eigenvalue weighted by molar-refractivity contribution is 5.95. The number of aryl methyl sites for hydroxylation is 1. The van der Waals surface area contributed by atoms with Crippen molar-refractivity contribution in [1.82, 2.24) is 4.90 Å². The number of benzene rings is 2. The zero-order valence-electron chi connectivity index (χ0n) is 14.0. The molecule has 0 fully saturated rings. The third kappa shape index (κ3) is 4.33. The van der Waals surface area contributed by atoms with Gasteiger partial charge in [0.25, 0.3) is 5.91 Å². The van der Waals surface area contributed by atoms with Crippen molar-refractivity contribution >= 4 is 11.6 Å². The zero-order valence-corrected chi connectivity index (χ0v) is 14.0. The first-order chi connectivity index (χ1) is 11.0. The molecule has 0 bridgehead atoms. The fraction of sp³-hybridized carbons (Fsp3) is 0.316. The number of carbonyl (C=O) groups is 1. The van der Waals surface area contributed by atoms with Crippen molar-refractivity contribution in [2.75, 3.05) is 32.1 Å². The summed E-state index contributed by atoms with van der Waals surface area (Å²) in [5, 5.41) is 9.28. The maximum absolute atomic E-state index is 12.8. The summed E-state index contributed by atoms with van der Waals surface area (Å²) >= 11 is 0. The zero-order chi connectivity index (χ0) is 16.8. The molecule has 0 saturated heterocycles. The van der Waals surface area contributed by atoms with E-state index in [2.05, 4.69) is 0 Å². The van der Waals surface area contributed by atoms with Crippen molar-refractivity contribution in [3.8, 4) is 0 Å². The third-order valence-corrected chi connectivity index (χ3v) is 3.80. The Hall–Kier alpha value is -2.33. The van der Waals surface area contributed by atoms with Crippen molar-refractivity contribution < 1.29 is 9.90 Å². The molecular formula is C19H24N2O2. The molecule has 0 spiro atoms. The lowest BCUT2D eigenvalue weighted by Crippen LogP contribution is -2.33. The van der Waals surface area contributed by atoms with Crippen LogP contribution in [-0.2, 0) is 6.54 Å². The number of aliphatic hydroxyl groups is 1. The fourth-order valence-corrected chi connectivity index (χ4v) is 2.65. The van der Waals surface area contributed by atoms with Crippen LogP contribution in [0, 0.1) is 6.92 Å². The molecule has 0 aliphatic carbocycles. The van der Waals surface area contributed by atoms with Gasteiger partial charge in [-0.15, -0.1) is 0 Å². The van der Waals surface area contributed by atoms with Gasteiger partial charge in [0.05, 0.1) is 6.61 Å². The van der Waals surface area contributed by atoms with Crippen molar-refractivity contribution in [3.63, 3.8) is 0 Å². The van der Waals surface area contributed by atoms with E-state index < -0.39 is 0 Å². The van der Waals surface area contributed by atoms with E-state index >= 15 is 0 Å². The van der Waals surface area contributed by atoms with Gasteiger partial charge in [0, 0.05) is 38.4 Å². The van der Waals surface area contributed by atoms with Gasteiger partial charge in [0.2, 0.25) is 0 Å². The Morgan fingerprint density at radius 1 is 1.09 bits per heavy atom. The lowest BCUT2D eigenvalue weighted by Gasteiger charge is -2.23. The Morgan fingerprint density at radius 3 is 2.35 bits per heavy atom. The summed E-state index contributed by atoms with van der Waals surface area (Å²) in [5.74, 6) is -0.0590. The van der Waals surface area contributed by atoms with Gasteiger partial charge < -0.3 is 14.9 Å². The first-order valence-electron chi connectivity index (χ1n) is 7.75. The highest BCUT2D eigenvalue weighted by Crippen LogP contribution is 2.20. The number of aliphatic hydroxyl groups excluding tert-OH is 1. The molecule has 0 aromatic heterocycles. The Labute approximate surface area is 138 Å². The van der Waals surface area contributed by atoms with Crippen LogP contribution in [0.2, 0.25) is 0 Å². The van der Waals surface area contributed by atoms with Crippen LogP contribution in [0.3, 0.4) is 0 Å². The fourth-order valence-electron chi connectivity index (χ4n) is 2.65. The summed E-state index contributed by atoms with van der Waals surface area (Å²) in [5.41, 5.74) is 3.86. The van der Waals surface area contributed by atoms with E-state index in [4.69, 9.17) is 0 Å². The number of amides is 1. The molecule has 0 atom stereocenters. The maximum atomic E-state index is 12.8. The highest BCUT2D eigenvalue weighted by atomic mass is 16.3. The summed E-state index contributed by atoms with van der Waals surface area (Å²) in [7, 11) is 3.97. The van der Waals surface area contributed by atoms with Crippen molar-refractivity contribution in [2.45, 2.75) is 13.5 Å². The van der Waals surface area contributed by atoms with Crippen molar-refractivity contribution in [3.05, 3.63) is 65.2 Å². The molecule has 1 N–H and O–H groups in total. The quantitative estimate of drug-likeness (QED) is 0.892. The van der Waals surface area contributed by atoms with E-state index in [1.54, 1.807) is 4.90 Å². The van der Waals surface area contributed by atoms with Crippen LogP contribution < -0.4 is 4.90 Å². The number of rotatable bonds is 6. The molecule has 0 aliphatic rings. The van der Waals surface area contributed by atoms with Gasteiger partial charge in [0.1, 0.15) is 0 Å².